The molecule has 0 spiro atoms. The normalized spacial score (nSPS) is 21.0. The molecule has 1 saturated heterocycles. The van der Waals surface area contributed by atoms with Crippen molar-refractivity contribution in [2.75, 3.05) is 6.61 Å². The monoisotopic (exact) mass is 449 g/mol. The molecular formula is C20H17Cl2N3O5. The van der Waals surface area contributed by atoms with Gasteiger partial charge in [0.25, 0.3) is 0 Å². The SMILES string of the molecule is CC(=O)O[C@@H]1C[C@@H](COC(=O)c2ccccc2)O[C@H]1n1cnc2c(Cl)cc(Cl)nc21. The lowest BCUT2D eigenvalue weighted by molar-refractivity contribution is -0.152. The molecule has 0 aliphatic carbocycles. The van der Waals surface area contributed by atoms with Gasteiger partial charge >= 0.3 is 11.9 Å². The van der Waals surface area contributed by atoms with E-state index in [4.69, 9.17) is 37.4 Å². The predicted octanol–water partition coefficient (Wildman–Crippen LogP) is 3.81. The number of imidazole rings is 1. The molecule has 0 amide bonds. The molecule has 2 aromatic heterocycles. The molecule has 4 rings (SSSR count). The van der Waals surface area contributed by atoms with Gasteiger partial charge in [-0.2, -0.15) is 0 Å². The molecule has 156 valence electrons. The van der Waals surface area contributed by atoms with Crippen molar-refractivity contribution in [1.29, 1.82) is 0 Å². The average molecular weight is 450 g/mol. The van der Waals surface area contributed by atoms with E-state index < -0.39 is 30.4 Å². The second kappa shape index (κ2) is 8.59. The van der Waals surface area contributed by atoms with Crippen molar-refractivity contribution in [3.05, 3.63) is 58.5 Å². The Morgan fingerprint density at radius 3 is 2.77 bits per heavy atom. The molecule has 0 radical (unpaired) electrons. The number of hydrogen-bond donors (Lipinski definition) is 0. The summed E-state index contributed by atoms with van der Waals surface area (Å²) in [6, 6.07) is 10.1. The number of pyridine rings is 1. The highest BCUT2D eigenvalue weighted by Crippen LogP contribution is 2.35. The molecule has 0 saturated carbocycles. The van der Waals surface area contributed by atoms with Crippen molar-refractivity contribution >= 4 is 46.3 Å². The molecule has 0 unspecified atom stereocenters. The molecule has 30 heavy (non-hydrogen) atoms. The number of fused-ring (bicyclic) bond motifs is 1. The molecule has 10 heteroatoms. The first kappa shape index (κ1) is 20.6. The van der Waals surface area contributed by atoms with Crippen LogP contribution in [0.3, 0.4) is 0 Å². The van der Waals surface area contributed by atoms with E-state index in [0.29, 0.717) is 28.2 Å². The zero-order valence-corrected chi connectivity index (χ0v) is 17.3. The van der Waals surface area contributed by atoms with Crippen LogP contribution in [0, 0.1) is 0 Å². The Morgan fingerprint density at radius 2 is 2.03 bits per heavy atom. The maximum atomic E-state index is 12.2. The molecule has 1 aliphatic rings. The first-order chi connectivity index (χ1) is 14.4. The third-order valence-corrected chi connectivity index (χ3v) is 5.08. The Hall–Kier alpha value is -2.68. The van der Waals surface area contributed by atoms with Gasteiger partial charge in [-0.25, -0.2) is 14.8 Å². The van der Waals surface area contributed by atoms with Crippen LogP contribution in [0.25, 0.3) is 11.2 Å². The molecular weight excluding hydrogens is 433 g/mol. The molecule has 3 heterocycles. The van der Waals surface area contributed by atoms with Gasteiger partial charge in [0, 0.05) is 13.3 Å². The summed E-state index contributed by atoms with van der Waals surface area (Å²) >= 11 is 12.2. The third kappa shape index (κ3) is 4.26. The highest BCUT2D eigenvalue weighted by atomic mass is 35.5. The first-order valence-corrected chi connectivity index (χ1v) is 9.91. The Bertz CT molecular complexity index is 1090. The van der Waals surface area contributed by atoms with Crippen molar-refractivity contribution in [1.82, 2.24) is 14.5 Å². The lowest BCUT2D eigenvalue weighted by Crippen LogP contribution is -2.24. The Morgan fingerprint density at radius 1 is 1.27 bits per heavy atom. The van der Waals surface area contributed by atoms with Crippen molar-refractivity contribution in [2.24, 2.45) is 0 Å². The third-order valence-electron chi connectivity index (χ3n) is 4.60. The van der Waals surface area contributed by atoms with Gasteiger partial charge in [-0.05, 0) is 18.2 Å². The molecule has 0 N–H and O–H groups in total. The molecule has 1 fully saturated rings. The topological polar surface area (TPSA) is 92.5 Å². The fourth-order valence-corrected chi connectivity index (χ4v) is 3.82. The summed E-state index contributed by atoms with van der Waals surface area (Å²) in [5, 5.41) is 0.545. The van der Waals surface area contributed by atoms with Crippen LogP contribution in [0.5, 0.6) is 0 Å². The lowest BCUT2D eigenvalue weighted by Gasteiger charge is -2.20. The summed E-state index contributed by atoms with van der Waals surface area (Å²) in [6.45, 7) is 1.32. The van der Waals surface area contributed by atoms with Crippen molar-refractivity contribution in [3.8, 4) is 0 Å². The van der Waals surface area contributed by atoms with Crippen LogP contribution in [0.15, 0.2) is 42.7 Å². The number of nitrogens with zero attached hydrogens (tertiary/aromatic N) is 3. The van der Waals surface area contributed by atoms with Crippen LogP contribution in [-0.2, 0) is 19.0 Å². The molecule has 8 nitrogen and oxygen atoms in total. The number of esters is 2. The number of halogens is 2. The average Bonchev–Trinajstić information content (AvgIpc) is 3.30. The molecule has 0 bridgehead atoms. The van der Waals surface area contributed by atoms with E-state index in [-0.39, 0.29) is 11.8 Å². The van der Waals surface area contributed by atoms with Gasteiger partial charge < -0.3 is 14.2 Å². The summed E-state index contributed by atoms with van der Waals surface area (Å²) < 4.78 is 18.4. The van der Waals surface area contributed by atoms with E-state index in [0.717, 1.165) is 0 Å². The summed E-state index contributed by atoms with van der Waals surface area (Å²) in [5.41, 5.74) is 1.29. The maximum absolute atomic E-state index is 12.2. The standard InChI is InChI=1S/C20H17Cl2N3O5/c1-11(26)29-15-7-13(9-28-20(27)12-5-3-2-4-6-12)30-19(15)25-10-23-17-14(21)8-16(22)24-18(17)25/h2-6,8,10,13,15,19H,7,9H2,1H3/t13-,15+,19+/m0/s1. The summed E-state index contributed by atoms with van der Waals surface area (Å²) in [5.74, 6) is -0.913. The quantitative estimate of drug-likeness (QED) is 0.431. The van der Waals surface area contributed by atoms with Crippen LogP contribution in [0.4, 0.5) is 0 Å². The number of carbonyl (C=O) groups excluding carboxylic acids is 2. The number of carbonyl (C=O) groups is 2. The van der Waals surface area contributed by atoms with Gasteiger partial charge in [0.05, 0.1) is 23.0 Å². The van der Waals surface area contributed by atoms with Crippen LogP contribution in [0.2, 0.25) is 10.2 Å². The zero-order valence-electron chi connectivity index (χ0n) is 15.8. The molecule has 3 atom stereocenters. The van der Waals surface area contributed by atoms with Crippen molar-refractivity contribution in [3.63, 3.8) is 0 Å². The number of ether oxygens (including phenoxy) is 3. The van der Waals surface area contributed by atoms with Gasteiger partial charge in [-0.15, -0.1) is 0 Å². The van der Waals surface area contributed by atoms with Crippen molar-refractivity contribution in [2.45, 2.75) is 31.8 Å². The number of aromatic nitrogens is 3. The van der Waals surface area contributed by atoms with E-state index in [1.54, 1.807) is 28.8 Å². The van der Waals surface area contributed by atoms with Gasteiger partial charge in [0.1, 0.15) is 23.4 Å². The van der Waals surface area contributed by atoms with Gasteiger partial charge in [-0.1, -0.05) is 41.4 Å². The highest BCUT2D eigenvalue weighted by molar-refractivity contribution is 6.37. The Kier molecular flexibility index (Phi) is 5.90. The van der Waals surface area contributed by atoms with Crippen LogP contribution >= 0.6 is 23.2 Å². The second-order valence-corrected chi connectivity index (χ2v) is 7.54. The van der Waals surface area contributed by atoms with Gasteiger partial charge in [-0.3, -0.25) is 9.36 Å². The summed E-state index contributed by atoms with van der Waals surface area (Å²) in [6.07, 6.45) is 0.0000238. The predicted molar refractivity (Wildman–Crippen MR) is 108 cm³/mol. The molecule has 1 aromatic carbocycles. The zero-order chi connectivity index (χ0) is 21.3. The summed E-state index contributed by atoms with van der Waals surface area (Å²) in [7, 11) is 0. The minimum absolute atomic E-state index is 0.00353. The summed E-state index contributed by atoms with van der Waals surface area (Å²) in [4.78, 5) is 32.3. The highest BCUT2D eigenvalue weighted by Gasteiger charge is 2.40. The number of rotatable bonds is 5. The van der Waals surface area contributed by atoms with Crippen LogP contribution < -0.4 is 0 Å². The van der Waals surface area contributed by atoms with E-state index >= 15 is 0 Å². The smallest absolute Gasteiger partial charge is 0.338 e. The Balaban J connectivity index is 1.54. The fourth-order valence-electron chi connectivity index (χ4n) is 3.34. The van der Waals surface area contributed by atoms with E-state index in [9.17, 15) is 9.59 Å². The van der Waals surface area contributed by atoms with Crippen LogP contribution in [0.1, 0.15) is 29.9 Å². The van der Waals surface area contributed by atoms with E-state index in [2.05, 4.69) is 9.97 Å². The van der Waals surface area contributed by atoms with Gasteiger partial charge in [0.2, 0.25) is 0 Å². The fraction of sp³-hybridized carbons (Fsp3) is 0.300. The van der Waals surface area contributed by atoms with Crippen LogP contribution in [-0.4, -0.2) is 45.3 Å². The van der Waals surface area contributed by atoms with Crippen molar-refractivity contribution < 1.29 is 23.8 Å². The second-order valence-electron chi connectivity index (χ2n) is 6.75. The minimum atomic E-state index is -0.721. The van der Waals surface area contributed by atoms with Gasteiger partial charge in [0.15, 0.2) is 11.9 Å². The maximum Gasteiger partial charge on any atom is 0.338 e. The molecule has 1 aliphatic heterocycles. The lowest BCUT2D eigenvalue weighted by atomic mass is 10.2. The number of benzene rings is 1. The Labute approximate surface area is 181 Å². The molecule has 3 aromatic rings. The largest absolute Gasteiger partial charge is 0.459 e. The van der Waals surface area contributed by atoms with E-state index in [1.165, 1.54) is 19.3 Å². The number of hydrogen-bond acceptors (Lipinski definition) is 7. The first-order valence-electron chi connectivity index (χ1n) is 9.16. The van der Waals surface area contributed by atoms with E-state index in [1.807, 2.05) is 6.07 Å². The minimum Gasteiger partial charge on any atom is -0.459 e.